The Bertz CT molecular complexity index is 1820. The lowest BCUT2D eigenvalue weighted by molar-refractivity contribution is -0.276. The van der Waals surface area contributed by atoms with Crippen LogP contribution in [0, 0.1) is 16.7 Å². The van der Waals surface area contributed by atoms with Crippen LogP contribution in [0.3, 0.4) is 0 Å². The molecule has 2 bridgehead atoms. The number of alkyl halides is 3. The summed E-state index contributed by atoms with van der Waals surface area (Å²) in [6.45, 7) is 11.3. The number of rotatable bonds is 9. The van der Waals surface area contributed by atoms with Gasteiger partial charge in [0, 0.05) is 43.7 Å². The Hall–Kier alpha value is -3.77. The van der Waals surface area contributed by atoms with Gasteiger partial charge in [0.15, 0.2) is 6.29 Å². The molecule has 0 radical (unpaired) electrons. The summed E-state index contributed by atoms with van der Waals surface area (Å²) in [5.74, 6) is -2.50. The smallest absolute Gasteiger partial charge is 0.392 e. The van der Waals surface area contributed by atoms with E-state index >= 15 is 0 Å². The van der Waals surface area contributed by atoms with Crippen LogP contribution in [-0.2, 0) is 32.2 Å². The van der Waals surface area contributed by atoms with Crippen molar-refractivity contribution in [2.45, 2.75) is 110 Å². The van der Waals surface area contributed by atoms with Crippen LogP contribution >= 0.6 is 0 Å². The van der Waals surface area contributed by atoms with Gasteiger partial charge in [-0.3, -0.25) is 14.5 Å². The lowest BCUT2D eigenvalue weighted by Crippen LogP contribution is -2.50. The molecule has 2 unspecified atom stereocenters. The van der Waals surface area contributed by atoms with Gasteiger partial charge >= 0.3 is 12.1 Å². The van der Waals surface area contributed by atoms with E-state index in [1.54, 1.807) is 0 Å². The Morgan fingerprint density at radius 3 is 2.35 bits per heavy atom. The molecular formula is C43H52F3N3O5. The first-order valence-electron chi connectivity index (χ1n) is 19.2. The van der Waals surface area contributed by atoms with Gasteiger partial charge in [-0.15, -0.1) is 0 Å². The maximum atomic E-state index is 13.1. The summed E-state index contributed by atoms with van der Waals surface area (Å²) in [4.78, 5) is 28.2. The summed E-state index contributed by atoms with van der Waals surface area (Å²) >= 11 is 0. The van der Waals surface area contributed by atoms with Gasteiger partial charge in [-0.2, -0.15) is 13.2 Å². The normalized spacial score (nSPS) is 29.7. The van der Waals surface area contributed by atoms with Crippen molar-refractivity contribution in [2.75, 3.05) is 19.6 Å². The fraction of sp³-hybridized carbons (Fsp3) is 0.535. The molecule has 290 valence electrons. The SMILES string of the molecule is C[C@H]1[C@@H](CN2CC3(C)CC2CC(C)(C)C3)O[C@@H](c2ccc(-c3ccccc3CNC(=O)[C@@H]3CCCN3C(=O)C(F)(F)F)cc2)O[C@H]1c1ccc(CO)cc1. The Balaban J connectivity index is 1.08. The van der Waals surface area contributed by atoms with Crippen LogP contribution in [0.25, 0.3) is 11.1 Å². The van der Waals surface area contributed by atoms with Crippen molar-refractivity contribution >= 4 is 11.8 Å². The van der Waals surface area contributed by atoms with Crippen molar-refractivity contribution in [1.82, 2.24) is 15.1 Å². The number of likely N-dealkylation sites (tertiary alicyclic amines) is 2. The van der Waals surface area contributed by atoms with E-state index < -0.39 is 30.3 Å². The van der Waals surface area contributed by atoms with Crippen molar-refractivity contribution in [2.24, 2.45) is 16.7 Å². The topological polar surface area (TPSA) is 91.3 Å². The number of halogens is 3. The van der Waals surface area contributed by atoms with Gasteiger partial charge < -0.3 is 24.8 Å². The predicted octanol–water partition coefficient (Wildman–Crippen LogP) is 7.71. The zero-order valence-electron chi connectivity index (χ0n) is 31.6. The maximum Gasteiger partial charge on any atom is 0.471 e. The predicted molar refractivity (Wildman–Crippen MR) is 199 cm³/mol. The Morgan fingerprint density at radius 2 is 1.65 bits per heavy atom. The molecule has 3 aliphatic heterocycles. The molecule has 0 aromatic heterocycles. The van der Waals surface area contributed by atoms with Crippen LogP contribution in [0.5, 0.6) is 0 Å². The lowest BCUT2D eigenvalue weighted by Gasteiger charge is -2.43. The number of carbonyl (C=O) groups is 2. The van der Waals surface area contributed by atoms with Gasteiger partial charge in [0.25, 0.3) is 0 Å². The minimum Gasteiger partial charge on any atom is -0.392 e. The Kier molecular flexibility index (Phi) is 10.7. The van der Waals surface area contributed by atoms with Crippen LogP contribution in [0.1, 0.15) is 94.4 Å². The van der Waals surface area contributed by atoms with E-state index in [4.69, 9.17) is 9.47 Å². The molecule has 2 N–H and O–H groups in total. The summed E-state index contributed by atoms with van der Waals surface area (Å²) in [6.07, 6.45) is -1.79. The average Bonchev–Trinajstić information content (AvgIpc) is 3.72. The Morgan fingerprint density at radius 1 is 0.944 bits per heavy atom. The zero-order chi connectivity index (χ0) is 38.4. The highest BCUT2D eigenvalue weighted by molar-refractivity contribution is 5.90. The summed E-state index contributed by atoms with van der Waals surface area (Å²) in [6, 6.07) is 22.9. The molecule has 3 saturated heterocycles. The first kappa shape index (κ1) is 38.5. The molecule has 2 amide bonds. The Labute approximate surface area is 316 Å². The van der Waals surface area contributed by atoms with Gasteiger partial charge in [0.05, 0.1) is 18.8 Å². The van der Waals surface area contributed by atoms with Crippen LogP contribution < -0.4 is 5.32 Å². The minimum atomic E-state index is -5.02. The van der Waals surface area contributed by atoms with E-state index in [9.17, 15) is 27.9 Å². The van der Waals surface area contributed by atoms with Crippen LogP contribution in [-0.4, -0.2) is 70.7 Å². The molecule has 4 aliphatic rings. The number of fused-ring (bicyclic) bond motifs is 2. The van der Waals surface area contributed by atoms with Gasteiger partial charge in [-0.05, 0) is 70.8 Å². The zero-order valence-corrected chi connectivity index (χ0v) is 31.6. The molecule has 1 saturated carbocycles. The maximum absolute atomic E-state index is 13.1. The van der Waals surface area contributed by atoms with Gasteiger partial charge in [0.2, 0.25) is 5.91 Å². The molecular weight excluding hydrogens is 695 g/mol. The number of hydrogen-bond acceptors (Lipinski definition) is 6. The van der Waals surface area contributed by atoms with Crippen molar-refractivity contribution < 1.29 is 37.3 Å². The number of aliphatic hydroxyl groups is 1. The lowest BCUT2D eigenvalue weighted by atomic mass is 9.65. The molecule has 3 heterocycles. The number of nitrogens with one attached hydrogen (secondary N) is 1. The second kappa shape index (κ2) is 15.0. The first-order valence-corrected chi connectivity index (χ1v) is 19.2. The number of amides is 2. The second-order valence-corrected chi connectivity index (χ2v) is 17.1. The summed E-state index contributed by atoms with van der Waals surface area (Å²) in [7, 11) is 0. The third-order valence-corrected chi connectivity index (χ3v) is 12.1. The van der Waals surface area contributed by atoms with Crippen LogP contribution in [0.2, 0.25) is 0 Å². The molecule has 7 atom stereocenters. The van der Waals surface area contributed by atoms with Crippen LogP contribution in [0.4, 0.5) is 13.2 Å². The van der Waals surface area contributed by atoms with E-state index in [-0.39, 0.29) is 44.2 Å². The highest BCUT2D eigenvalue weighted by Gasteiger charge is 2.51. The van der Waals surface area contributed by atoms with Gasteiger partial charge in [0.1, 0.15) is 6.04 Å². The number of benzene rings is 3. The number of hydrogen-bond donors (Lipinski definition) is 2. The second-order valence-electron chi connectivity index (χ2n) is 17.1. The highest BCUT2D eigenvalue weighted by atomic mass is 19.4. The molecule has 3 aromatic rings. The molecule has 0 spiro atoms. The van der Waals surface area contributed by atoms with E-state index in [1.807, 2.05) is 72.8 Å². The molecule has 8 nitrogen and oxygen atoms in total. The fourth-order valence-corrected chi connectivity index (χ4v) is 9.87. The molecule has 11 heteroatoms. The minimum absolute atomic E-state index is 0.0227. The number of ether oxygens (including phenoxy) is 2. The summed E-state index contributed by atoms with van der Waals surface area (Å²) < 4.78 is 53.1. The van der Waals surface area contributed by atoms with Crippen molar-refractivity contribution in [3.8, 4) is 11.1 Å². The van der Waals surface area contributed by atoms with Gasteiger partial charge in [-0.1, -0.05) is 100 Å². The van der Waals surface area contributed by atoms with Crippen molar-refractivity contribution in [1.29, 1.82) is 0 Å². The van der Waals surface area contributed by atoms with E-state index in [0.717, 1.165) is 46.5 Å². The van der Waals surface area contributed by atoms with Crippen LogP contribution in [0.15, 0.2) is 72.8 Å². The number of aliphatic hydroxyl groups excluding tert-OH is 1. The third-order valence-electron chi connectivity index (χ3n) is 12.1. The fourth-order valence-electron chi connectivity index (χ4n) is 9.87. The quantitative estimate of drug-likeness (QED) is 0.233. The standard InChI is InChI=1S/C43H52F3N3O5/c1-27-36(23-48-26-42(4)21-33(48)20-41(2,3)25-42)53-39(54-37(27)30-13-11-28(24-50)12-14-30)31-17-15-29(16-18-31)34-9-6-5-8-32(34)22-47-38(51)35-10-7-19-49(35)40(52)43(44,45)46/h5-6,8-9,11-18,27,33,35-37,39,50H,7,10,19-26H2,1-4H3,(H,47,51)/t27-,33?,35-,36+,37+,39+,42?/m0/s1. The molecule has 3 aromatic carbocycles. The van der Waals surface area contributed by atoms with Gasteiger partial charge in [-0.25, -0.2) is 0 Å². The largest absolute Gasteiger partial charge is 0.471 e. The van der Waals surface area contributed by atoms with E-state index in [0.29, 0.717) is 28.2 Å². The molecule has 4 fully saturated rings. The van der Waals surface area contributed by atoms with Crippen molar-refractivity contribution in [3.05, 3.63) is 95.1 Å². The summed E-state index contributed by atoms with van der Waals surface area (Å²) in [5, 5.41) is 12.4. The number of carbonyl (C=O) groups excluding carboxylic acids is 2. The molecule has 54 heavy (non-hydrogen) atoms. The highest BCUT2D eigenvalue weighted by Crippen LogP contribution is 2.53. The van der Waals surface area contributed by atoms with E-state index in [1.165, 1.54) is 19.3 Å². The number of nitrogens with zero attached hydrogens (tertiary/aromatic N) is 2. The van der Waals surface area contributed by atoms with E-state index in [2.05, 4.69) is 37.9 Å². The summed E-state index contributed by atoms with van der Waals surface area (Å²) in [5.41, 5.74) is 5.95. The first-order chi connectivity index (χ1) is 25.6. The molecule has 1 aliphatic carbocycles. The third kappa shape index (κ3) is 8.10. The monoisotopic (exact) mass is 747 g/mol. The van der Waals surface area contributed by atoms with Crippen molar-refractivity contribution in [3.63, 3.8) is 0 Å². The molecule has 7 rings (SSSR count). The average molecular weight is 748 g/mol.